The highest BCUT2D eigenvalue weighted by Crippen LogP contribution is 2.29. The average Bonchev–Trinajstić information content (AvgIpc) is 2.37. The van der Waals surface area contributed by atoms with Crippen LogP contribution < -0.4 is 10.5 Å². The van der Waals surface area contributed by atoms with Gasteiger partial charge < -0.3 is 10.5 Å². The highest BCUT2D eigenvalue weighted by molar-refractivity contribution is 9.10. The molecule has 1 heterocycles. The molecule has 20 heavy (non-hydrogen) atoms. The zero-order chi connectivity index (χ0) is 14.7. The predicted octanol–water partition coefficient (Wildman–Crippen LogP) is 3.11. The summed E-state index contributed by atoms with van der Waals surface area (Å²) >= 11 is 3.48. The molecule has 5 heteroatoms. The average molecular weight is 336 g/mol. The quantitative estimate of drug-likeness (QED) is 0.932. The van der Waals surface area contributed by atoms with Crippen molar-refractivity contribution in [3.63, 3.8) is 0 Å². The van der Waals surface area contributed by atoms with Crippen molar-refractivity contribution in [1.29, 1.82) is 0 Å². The lowest BCUT2D eigenvalue weighted by Crippen LogP contribution is -2.19. The zero-order valence-corrected chi connectivity index (χ0v) is 13.4. The molecule has 0 spiro atoms. The fourth-order valence-electron chi connectivity index (χ4n) is 2.00. The van der Waals surface area contributed by atoms with Crippen molar-refractivity contribution in [2.45, 2.75) is 26.3 Å². The molecular formula is C15H18BrN3O. The van der Waals surface area contributed by atoms with Gasteiger partial charge in [-0.2, -0.15) is 0 Å². The first-order valence-corrected chi connectivity index (χ1v) is 7.23. The van der Waals surface area contributed by atoms with Gasteiger partial charge >= 0.3 is 0 Å². The summed E-state index contributed by atoms with van der Waals surface area (Å²) < 4.78 is 6.12. The number of aromatic nitrogens is 2. The topological polar surface area (TPSA) is 61.0 Å². The van der Waals surface area contributed by atoms with Gasteiger partial charge in [0.15, 0.2) is 5.82 Å². The Labute approximate surface area is 127 Å². The lowest BCUT2D eigenvalue weighted by Gasteiger charge is -2.09. The fraction of sp³-hybridized carbons (Fsp3) is 0.333. The van der Waals surface area contributed by atoms with Gasteiger partial charge in [-0.3, -0.25) is 0 Å². The summed E-state index contributed by atoms with van der Waals surface area (Å²) in [5.41, 5.74) is 8.70. The third-order valence-electron chi connectivity index (χ3n) is 2.85. The number of aryl methyl sites for hydroxylation is 1. The number of rotatable bonds is 4. The van der Waals surface area contributed by atoms with Crippen molar-refractivity contribution >= 4 is 15.9 Å². The van der Waals surface area contributed by atoms with E-state index in [0.717, 1.165) is 33.6 Å². The third-order valence-corrected chi connectivity index (χ3v) is 3.47. The van der Waals surface area contributed by atoms with Crippen LogP contribution >= 0.6 is 15.9 Å². The van der Waals surface area contributed by atoms with Crippen LogP contribution in [0.5, 0.6) is 5.75 Å². The lowest BCUT2D eigenvalue weighted by molar-refractivity contribution is 0.412. The number of hydrogen-bond donors (Lipinski definition) is 1. The van der Waals surface area contributed by atoms with E-state index in [1.54, 1.807) is 7.11 Å². The van der Waals surface area contributed by atoms with E-state index < -0.39 is 0 Å². The van der Waals surface area contributed by atoms with Crippen LogP contribution in [0.3, 0.4) is 0 Å². The van der Waals surface area contributed by atoms with E-state index in [-0.39, 0.29) is 6.04 Å². The van der Waals surface area contributed by atoms with E-state index in [4.69, 9.17) is 10.5 Å². The fourth-order valence-corrected chi connectivity index (χ4v) is 2.54. The smallest absolute Gasteiger partial charge is 0.159 e. The number of hydrogen-bond acceptors (Lipinski definition) is 4. The van der Waals surface area contributed by atoms with Crippen molar-refractivity contribution in [3.05, 3.63) is 40.1 Å². The Morgan fingerprint density at radius 2 is 2.05 bits per heavy atom. The van der Waals surface area contributed by atoms with E-state index in [0.29, 0.717) is 5.82 Å². The van der Waals surface area contributed by atoms with Crippen LogP contribution in [0.2, 0.25) is 0 Å². The molecule has 2 aromatic rings. The molecule has 1 aromatic carbocycles. The Kier molecular flexibility index (Phi) is 4.73. The Morgan fingerprint density at radius 1 is 1.30 bits per heavy atom. The van der Waals surface area contributed by atoms with Gasteiger partial charge in [0.1, 0.15) is 5.75 Å². The van der Waals surface area contributed by atoms with Crippen molar-refractivity contribution in [2.24, 2.45) is 5.73 Å². The van der Waals surface area contributed by atoms with Gasteiger partial charge in [0.05, 0.1) is 11.6 Å². The number of methoxy groups -OCH3 is 1. The van der Waals surface area contributed by atoms with Crippen LogP contribution in [0.15, 0.2) is 28.7 Å². The molecule has 0 radical (unpaired) electrons. The molecule has 0 aliphatic rings. The summed E-state index contributed by atoms with van der Waals surface area (Å²) in [5, 5.41) is 0. The van der Waals surface area contributed by atoms with Crippen molar-refractivity contribution in [2.75, 3.05) is 7.11 Å². The second-order valence-electron chi connectivity index (χ2n) is 4.86. The molecule has 4 nitrogen and oxygen atoms in total. The summed E-state index contributed by atoms with van der Waals surface area (Å²) in [7, 11) is 1.64. The molecule has 2 N–H and O–H groups in total. The minimum atomic E-state index is 0.0831. The Balaban J connectivity index is 2.41. The lowest BCUT2D eigenvalue weighted by atomic mass is 10.1. The monoisotopic (exact) mass is 335 g/mol. The largest absolute Gasteiger partial charge is 0.496 e. The number of nitrogens with zero attached hydrogens (tertiary/aromatic N) is 2. The predicted molar refractivity (Wildman–Crippen MR) is 83.8 cm³/mol. The molecule has 0 fully saturated rings. The summed E-state index contributed by atoms with van der Waals surface area (Å²) in [6, 6.07) is 7.87. The first-order valence-electron chi connectivity index (χ1n) is 6.43. The highest BCUT2D eigenvalue weighted by Gasteiger charge is 2.09. The van der Waals surface area contributed by atoms with Crippen LogP contribution in [0.25, 0.3) is 11.4 Å². The maximum Gasteiger partial charge on any atom is 0.159 e. The molecular weight excluding hydrogens is 318 g/mol. The summed E-state index contributed by atoms with van der Waals surface area (Å²) in [6.45, 7) is 3.94. The Hall–Kier alpha value is -1.46. The molecule has 0 aliphatic heterocycles. The SMILES string of the molecule is COc1ccc(-c2nc(C)cc(CC(C)N)n2)cc1Br. The first kappa shape index (κ1) is 14.9. The standard InChI is InChI=1S/C15H18BrN3O/c1-9(17)6-12-7-10(2)18-15(19-12)11-4-5-14(20-3)13(16)8-11/h4-5,7-9H,6,17H2,1-3H3. The zero-order valence-electron chi connectivity index (χ0n) is 11.9. The maximum atomic E-state index is 5.84. The van der Waals surface area contributed by atoms with Crippen LogP contribution in [0, 0.1) is 6.92 Å². The number of ether oxygens (including phenoxy) is 1. The molecule has 0 saturated heterocycles. The van der Waals surface area contributed by atoms with E-state index >= 15 is 0 Å². The summed E-state index contributed by atoms with van der Waals surface area (Å²) in [4.78, 5) is 9.08. The van der Waals surface area contributed by atoms with Crippen LogP contribution in [0.1, 0.15) is 18.3 Å². The molecule has 0 bridgehead atoms. The Morgan fingerprint density at radius 3 is 2.65 bits per heavy atom. The minimum absolute atomic E-state index is 0.0831. The molecule has 106 valence electrons. The molecule has 1 unspecified atom stereocenters. The van der Waals surface area contributed by atoms with Crippen LogP contribution in [0.4, 0.5) is 0 Å². The molecule has 1 aromatic heterocycles. The number of halogens is 1. The Bertz CT molecular complexity index is 614. The van der Waals surface area contributed by atoms with Gasteiger partial charge in [-0.1, -0.05) is 0 Å². The third kappa shape index (κ3) is 3.55. The number of benzene rings is 1. The highest BCUT2D eigenvalue weighted by atomic mass is 79.9. The van der Waals surface area contributed by atoms with Crippen molar-refractivity contribution in [1.82, 2.24) is 9.97 Å². The molecule has 2 rings (SSSR count). The first-order chi connectivity index (χ1) is 9.49. The van der Waals surface area contributed by atoms with Gasteiger partial charge in [-0.25, -0.2) is 9.97 Å². The second kappa shape index (κ2) is 6.33. The summed E-state index contributed by atoms with van der Waals surface area (Å²) in [6.07, 6.45) is 0.744. The van der Waals surface area contributed by atoms with Crippen LogP contribution in [-0.4, -0.2) is 23.1 Å². The van der Waals surface area contributed by atoms with Gasteiger partial charge in [0.25, 0.3) is 0 Å². The van der Waals surface area contributed by atoms with Gasteiger partial charge in [0, 0.05) is 29.4 Å². The van der Waals surface area contributed by atoms with Crippen molar-refractivity contribution in [3.8, 4) is 17.1 Å². The molecule has 0 amide bonds. The molecule has 1 atom stereocenters. The van der Waals surface area contributed by atoms with E-state index in [2.05, 4.69) is 25.9 Å². The van der Waals surface area contributed by atoms with Gasteiger partial charge in [0.2, 0.25) is 0 Å². The van der Waals surface area contributed by atoms with Gasteiger partial charge in [-0.05, 0) is 54.0 Å². The van der Waals surface area contributed by atoms with E-state index in [1.165, 1.54) is 0 Å². The summed E-state index contributed by atoms with van der Waals surface area (Å²) in [5.74, 6) is 1.50. The minimum Gasteiger partial charge on any atom is -0.496 e. The normalized spacial score (nSPS) is 12.2. The second-order valence-corrected chi connectivity index (χ2v) is 5.71. The molecule has 0 saturated carbocycles. The van der Waals surface area contributed by atoms with E-state index in [1.807, 2.05) is 38.1 Å². The number of nitrogens with two attached hydrogens (primary N) is 1. The maximum absolute atomic E-state index is 5.84. The van der Waals surface area contributed by atoms with E-state index in [9.17, 15) is 0 Å². The molecule has 0 aliphatic carbocycles. The van der Waals surface area contributed by atoms with Crippen molar-refractivity contribution < 1.29 is 4.74 Å². The van der Waals surface area contributed by atoms with Crippen LogP contribution in [-0.2, 0) is 6.42 Å². The van der Waals surface area contributed by atoms with Gasteiger partial charge in [-0.15, -0.1) is 0 Å².